The van der Waals surface area contributed by atoms with E-state index in [2.05, 4.69) is 5.32 Å². The Kier molecular flexibility index (Phi) is 3.47. The lowest BCUT2D eigenvalue weighted by Crippen LogP contribution is -2.34. The summed E-state index contributed by atoms with van der Waals surface area (Å²) in [5.41, 5.74) is 2.96. The number of hydrogen-bond acceptors (Lipinski definition) is 2. The van der Waals surface area contributed by atoms with Crippen molar-refractivity contribution >= 4 is 5.91 Å². The van der Waals surface area contributed by atoms with Gasteiger partial charge >= 0.3 is 0 Å². The monoisotopic (exact) mass is 285 g/mol. The van der Waals surface area contributed by atoms with Crippen molar-refractivity contribution in [3.05, 3.63) is 70.5 Å². The molecule has 2 atom stereocenters. The summed E-state index contributed by atoms with van der Waals surface area (Å²) in [5.74, 6) is -0.814. The molecule has 0 fully saturated rings. The lowest BCUT2D eigenvalue weighted by molar-refractivity contribution is 0.0857. The molecule has 4 heteroatoms. The fourth-order valence-corrected chi connectivity index (χ4v) is 2.81. The number of fused-ring (bicyclic) bond motifs is 1. The number of carbonyl (C=O) groups is 1. The van der Waals surface area contributed by atoms with Crippen LogP contribution in [0.5, 0.6) is 0 Å². The highest BCUT2D eigenvalue weighted by molar-refractivity contribution is 5.96. The second kappa shape index (κ2) is 5.30. The fourth-order valence-electron chi connectivity index (χ4n) is 2.81. The molecular weight excluding hydrogens is 269 g/mol. The van der Waals surface area contributed by atoms with Crippen molar-refractivity contribution in [1.82, 2.24) is 5.32 Å². The van der Waals surface area contributed by atoms with Crippen LogP contribution >= 0.6 is 0 Å². The third-order valence-corrected chi connectivity index (χ3v) is 3.93. The molecule has 1 amide bonds. The van der Waals surface area contributed by atoms with Gasteiger partial charge in [0, 0.05) is 12.0 Å². The van der Waals surface area contributed by atoms with Gasteiger partial charge in [-0.2, -0.15) is 0 Å². The highest BCUT2D eigenvalue weighted by Gasteiger charge is 2.32. The number of nitrogens with one attached hydrogen (secondary N) is 1. The van der Waals surface area contributed by atoms with Crippen LogP contribution in [0.15, 0.2) is 42.5 Å². The van der Waals surface area contributed by atoms with Gasteiger partial charge in [-0.15, -0.1) is 0 Å². The van der Waals surface area contributed by atoms with Crippen LogP contribution in [-0.2, 0) is 6.42 Å². The predicted octanol–water partition coefficient (Wildman–Crippen LogP) is 2.52. The number of hydrogen-bond donors (Lipinski definition) is 2. The average Bonchev–Trinajstić information content (AvgIpc) is 2.78. The lowest BCUT2D eigenvalue weighted by atomic mass is 10.0. The summed E-state index contributed by atoms with van der Waals surface area (Å²) in [5, 5.41) is 13.0. The topological polar surface area (TPSA) is 49.3 Å². The Bertz CT molecular complexity index is 699. The van der Waals surface area contributed by atoms with E-state index in [9.17, 15) is 14.3 Å². The van der Waals surface area contributed by atoms with Gasteiger partial charge in [0.2, 0.25) is 0 Å². The minimum Gasteiger partial charge on any atom is -0.390 e. The molecule has 2 N–H and O–H groups in total. The smallest absolute Gasteiger partial charge is 0.252 e. The highest BCUT2D eigenvalue weighted by atomic mass is 19.1. The average molecular weight is 285 g/mol. The minimum absolute atomic E-state index is 0.298. The van der Waals surface area contributed by atoms with Crippen LogP contribution in [0.25, 0.3) is 0 Å². The van der Waals surface area contributed by atoms with Crippen LogP contribution in [0.4, 0.5) is 4.39 Å². The van der Waals surface area contributed by atoms with Crippen molar-refractivity contribution in [3.63, 3.8) is 0 Å². The molecule has 0 spiro atoms. The van der Waals surface area contributed by atoms with Gasteiger partial charge in [-0.3, -0.25) is 4.79 Å². The van der Waals surface area contributed by atoms with E-state index in [0.29, 0.717) is 17.5 Å². The van der Waals surface area contributed by atoms with Gasteiger partial charge in [0.25, 0.3) is 5.91 Å². The summed E-state index contributed by atoms with van der Waals surface area (Å²) in [6.45, 7) is 1.76. The number of benzene rings is 2. The molecule has 0 heterocycles. The van der Waals surface area contributed by atoms with Crippen LogP contribution in [0.2, 0.25) is 0 Å². The number of aliphatic hydroxyl groups is 1. The highest BCUT2D eigenvalue weighted by Crippen LogP contribution is 2.31. The van der Waals surface area contributed by atoms with Crippen LogP contribution in [0, 0.1) is 12.7 Å². The van der Waals surface area contributed by atoms with Gasteiger partial charge in [-0.05, 0) is 35.7 Å². The molecule has 2 aromatic rings. The number of carbonyl (C=O) groups excluding carboxylic acids is 1. The summed E-state index contributed by atoms with van der Waals surface area (Å²) < 4.78 is 13.3. The zero-order valence-electron chi connectivity index (χ0n) is 11.6. The molecule has 0 saturated carbocycles. The molecule has 21 heavy (non-hydrogen) atoms. The van der Waals surface area contributed by atoms with Crippen LogP contribution in [0.3, 0.4) is 0 Å². The second-order valence-corrected chi connectivity index (χ2v) is 5.38. The summed E-state index contributed by atoms with van der Waals surface area (Å²) in [7, 11) is 0. The van der Waals surface area contributed by atoms with Crippen molar-refractivity contribution in [2.75, 3.05) is 0 Å². The number of amides is 1. The largest absolute Gasteiger partial charge is 0.390 e. The Morgan fingerprint density at radius 1 is 1.29 bits per heavy atom. The Morgan fingerprint density at radius 2 is 2.05 bits per heavy atom. The zero-order chi connectivity index (χ0) is 15.0. The molecule has 108 valence electrons. The van der Waals surface area contributed by atoms with Crippen LogP contribution < -0.4 is 5.32 Å². The van der Waals surface area contributed by atoms with Crippen LogP contribution in [-0.4, -0.2) is 17.1 Å². The van der Waals surface area contributed by atoms with Gasteiger partial charge in [0.15, 0.2) is 0 Å². The first-order chi connectivity index (χ1) is 10.1. The Balaban J connectivity index is 1.87. The number of halogens is 1. The summed E-state index contributed by atoms with van der Waals surface area (Å²) in [4.78, 5) is 12.3. The third kappa shape index (κ3) is 2.54. The Hall–Kier alpha value is -2.20. The molecule has 0 bridgehead atoms. The molecular formula is C17H16FNO2. The van der Waals surface area contributed by atoms with Crippen molar-refractivity contribution in [2.24, 2.45) is 0 Å². The Morgan fingerprint density at radius 3 is 2.86 bits per heavy atom. The van der Waals surface area contributed by atoms with Gasteiger partial charge in [0.05, 0.1) is 12.1 Å². The van der Waals surface area contributed by atoms with E-state index in [4.69, 9.17) is 0 Å². The SMILES string of the molecule is Cc1ccc(F)cc1C(=O)NC1c2ccccc2CC1O. The lowest BCUT2D eigenvalue weighted by Gasteiger charge is -2.18. The molecule has 0 aliphatic heterocycles. The predicted molar refractivity (Wildman–Crippen MR) is 77.5 cm³/mol. The van der Waals surface area contributed by atoms with Gasteiger partial charge in [0.1, 0.15) is 5.82 Å². The van der Waals surface area contributed by atoms with E-state index in [1.807, 2.05) is 24.3 Å². The molecule has 3 nitrogen and oxygen atoms in total. The molecule has 0 saturated heterocycles. The first-order valence-corrected chi connectivity index (χ1v) is 6.89. The van der Waals surface area contributed by atoms with E-state index >= 15 is 0 Å². The molecule has 1 aliphatic rings. The number of aryl methyl sites for hydroxylation is 1. The first kappa shape index (κ1) is 13.8. The third-order valence-electron chi connectivity index (χ3n) is 3.93. The first-order valence-electron chi connectivity index (χ1n) is 6.89. The summed E-state index contributed by atoms with van der Waals surface area (Å²) in [6, 6.07) is 11.3. The minimum atomic E-state index is -0.653. The maximum Gasteiger partial charge on any atom is 0.252 e. The van der Waals surface area contributed by atoms with Crippen molar-refractivity contribution < 1.29 is 14.3 Å². The number of aliphatic hydroxyl groups excluding tert-OH is 1. The standard InChI is InChI=1S/C17H16FNO2/c1-10-6-7-12(18)9-14(10)17(21)19-16-13-5-3-2-4-11(13)8-15(16)20/h2-7,9,15-16,20H,8H2,1H3,(H,19,21). The maximum absolute atomic E-state index is 13.3. The van der Waals surface area contributed by atoms with E-state index < -0.39 is 18.0 Å². The quantitative estimate of drug-likeness (QED) is 0.890. The zero-order valence-corrected chi connectivity index (χ0v) is 11.6. The maximum atomic E-state index is 13.3. The van der Waals surface area contributed by atoms with E-state index in [1.165, 1.54) is 12.1 Å². The summed E-state index contributed by atoms with van der Waals surface area (Å²) in [6.07, 6.45) is -0.135. The van der Waals surface area contributed by atoms with Gasteiger partial charge in [-0.1, -0.05) is 30.3 Å². The fraction of sp³-hybridized carbons (Fsp3) is 0.235. The van der Waals surface area contributed by atoms with Gasteiger partial charge < -0.3 is 10.4 Å². The van der Waals surface area contributed by atoms with Gasteiger partial charge in [-0.25, -0.2) is 4.39 Å². The Labute approximate surface area is 122 Å². The second-order valence-electron chi connectivity index (χ2n) is 5.38. The molecule has 2 aromatic carbocycles. The molecule has 3 rings (SSSR count). The van der Waals surface area contributed by atoms with Crippen molar-refractivity contribution in [1.29, 1.82) is 0 Å². The van der Waals surface area contributed by atoms with E-state index in [0.717, 1.165) is 11.1 Å². The van der Waals surface area contributed by atoms with Crippen LogP contribution in [0.1, 0.15) is 33.1 Å². The van der Waals surface area contributed by atoms with Crippen molar-refractivity contribution in [3.8, 4) is 0 Å². The molecule has 2 unspecified atom stereocenters. The normalized spacial score (nSPS) is 20.1. The van der Waals surface area contributed by atoms with Crippen molar-refractivity contribution in [2.45, 2.75) is 25.5 Å². The molecule has 0 radical (unpaired) electrons. The molecule has 1 aliphatic carbocycles. The van der Waals surface area contributed by atoms with E-state index in [1.54, 1.807) is 13.0 Å². The number of rotatable bonds is 2. The molecule has 0 aromatic heterocycles. The summed E-state index contributed by atoms with van der Waals surface area (Å²) >= 11 is 0. The van der Waals surface area contributed by atoms with E-state index in [-0.39, 0.29) is 5.91 Å².